The van der Waals surface area contributed by atoms with Gasteiger partial charge >= 0.3 is 5.97 Å². The van der Waals surface area contributed by atoms with Crippen LogP contribution < -0.4 is 10.1 Å². The van der Waals surface area contributed by atoms with E-state index >= 15 is 0 Å². The molecule has 0 saturated heterocycles. The zero-order chi connectivity index (χ0) is 14.4. The Kier molecular flexibility index (Phi) is 4.77. The van der Waals surface area contributed by atoms with Crippen LogP contribution in [0.5, 0.6) is 5.75 Å². The fourth-order valence-electron chi connectivity index (χ4n) is 1.78. The van der Waals surface area contributed by atoms with Gasteiger partial charge in [0.15, 0.2) is 0 Å². The van der Waals surface area contributed by atoms with E-state index in [0.717, 1.165) is 12.2 Å². The highest BCUT2D eigenvalue weighted by Gasteiger charge is 2.02. The van der Waals surface area contributed by atoms with E-state index in [2.05, 4.69) is 36.5 Å². The van der Waals surface area contributed by atoms with Crippen LogP contribution in [-0.2, 0) is 11.3 Å². The molecule has 0 aliphatic rings. The molecular formula is C17H19NO2. The van der Waals surface area contributed by atoms with Gasteiger partial charge < -0.3 is 10.1 Å². The summed E-state index contributed by atoms with van der Waals surface area (Å²) < 4.78 is 5.19. The first-order valence-corrected chi connectivity index (χ1v) is 6.77. The molecule has 0 aliphatic heterocycles. The van der Waals surface area contributed by atoms with Crippen molar-refractivity contribution in [3.63, 3.8) is 0 Å². The van der Waals surface area contributed by atoms with Crippen LogP contribution >= 0.6 is 0 Å². The molecule has 1 N–H and O–H groups in total. The maximum atomic E-state index is 11.3. The molecule has 0 radical (unpaired) electrons. The standard InChI is InChI=1S/C17H19NO2/c1-3-17(19)20-16-6-4-5-15(11-16)18-12-14-9-7-13(2)8-10-14/h4-11,18H,3,12H2,1-2H3. The molecule has 0 amide bonds. The number of rotatable bonds is 5. The van der Waals surface area contributed by atoms with Crippen LogP contribution in [0.2, 0.25) is 0 Å². The maximum Gasteiger partial charge on any atom is 0.310 e. The minimum atomic E-state index is -0.222. The van der Waals surface area contributed by atoms with Crippen molar-refractivity contribution in [2.45, 2.75) is 26.8 Å². The second kappa shape index (κ2) is 6.75. The lowest BCUT2D eigenvalue weighted by Gasteiger charge is -2.09. The van der Waals surface area contributed by atoms with Gasteiger partial charge in [-0.15, -0.1) is 0 Å². The predicted molar refractivity (Wildman–Crippen MR) is 80.9 cm³/mol. The molecule has 104 valence electrons. The van der Waals surface area contributed by atoms with Crippen molar-refractivity contribution in [2.24, 2.45) is 0 Å². The minimum absolute atomic E-state index is 0.222. The average molecular weight is 269 g/mol. The summed E-state index contributed by atoms with van der Waals surface area (Å²) >= 11 is 0. The van der Waals surface area contributed by atoms with E-state index in [9.17, 15) is 4.79 Å². The van der Waals surface area contributed by atoms with Gasteiger partial charge in [-0.3, -0.25) is 4.79 Å². The van der Waals surface area contributed by atoms with Crippen LogP contribution in [0.15, 0.2) is 48.5 Å². The number of hydrogen-bond donors (Lipinski definition) is 1. The molecule has 0 bridgehead atoms. The summed E-state index contributed by atoms with van der Waals surface area (Å²) in [5.74, 6) is 0.353. The molecular weight excluding hydrogens is 250 g/mol. The summed E-state index contributed by atoms with van der Waals surface area (Å²) in [6.07, 6.45) is 0.376. The van der Waals surface area contributed by atoms with Crippen molar-refractivity contribution in [3.8, 4) is 5.75 Å². The topological polar surface area (TPSA) is 38.3 Å². The maximum absolute atomic E-state index is 11.3. The highest BCUT2D eigenvalue weighted by Crippen LogP contribution is 2.18. The normalized spacial score (nSPS) is 10.1. The number of nitrogens with one attached hydrogen (secondary N) is 1. The first kappa shape index (κ1) is 14.1. The highest BCUT2D eigenvalue weighted by atomic mass is 16.5. The average Bonchev–Trinajstić information content (AvgIpc) is 2.47. The van der Waals surface area contributed by atoms with Crippen molar-refractivity contribution >= 4 is 11.7 Å². The second-order valence-electron chi connectivity index (χ2n) is 4.69. The quantitative estimate of drug-likeness (QED) is 0.660. The van der Waals surface area contributed by atoms with Crippen LogP contribution in [0.3, 0.4) is 0 Å². The Morgan fingerprint density at radius 1 is 1.15 bits per heavy atom. The van der Waals surface area contributed by atoms with Crippen LogP contribution in [0.4, 0.5) is 5.69 Å². The highest BCUT2D eigenvalue weighted by molar-refractivity contribution is 5.72. The van der Waals surface area contributed by atoms with Crippen molar-refractivity contribution in [1.29, 1.82) is 0 Å². The SMILES string of the molecule is CCC(=O)Oc1cccc(NCc2ccc(C)cc2)c1. The van der Waals surface area contributed by atoms with Gasteiger partial charge in [0, 0.05) is 24.7 Å². The Labute approximate surface area is 119 Å². The van der Waals surface area contributed by atoms with E-state index < -0.39 is 0 Å². The largest absolute Gasteiger partial charge is 0.426 e. The number of esters is 1. The molecule has 3 heteroatoms. The summed E-state index contributed by atoms with van der Waals surface area (Å²) in [4.78, 5) is 11.3. The third-order valence-corrected chi connectivity index (χ3v) is 2.97. The Morgan fingerprint density at radius 2 is 1.90 bits per heavy atom. The molecule has 0 spiro atoms. The first-order valence-electron chi connectivity index (χ1n) is 6.77. The summed E-state index contributed by atoms with van der Waals surface area (Å²) in [5, 5.41) is 3.32. The lowest BCUT2D eigenvalue weighted by atomic mass is 10.1. The Hall–Kier alpha value is -2.29. The van der Waals surface area contributed by atoms with E-state index in [1.54, 1.807) is 13.0 Å². The van der Waals surface area contributed by atoms with Gasteiger partial charge in [0.25, 0.3) is 0 Å². The molecule has 2 aromatic carbocycles. The van der Waals surface area contributed by atoms with Crippen molar-refractivity contribution in [2.75, 3.05) is 5.32 Å². The van der Waals surface area contributed by atoms with Gasteiger partial charge in [-0.25, -0.2) is 0 Å². The number of anilines is 1. The van der Waals surface area contributed by atoms with E-state index in [1.165, 1.54) is 11.1 Å². The third-order valence-electron chi connectivity index (χ3n) is 2.97. The number of carbonyl (C=O) groups excluding carboxylic acids is 1. The van der Waals surface area contributed by atoms with Gasteiger partial charge in [-0.05, 0) is 24.6 Å². The molecule has 0 aromatic heterocycles. The molecule has 0 unspecified atom stereocenters. The summed E-state index contributed by atoms with van der Waals surface area (Å²) in [7, 11) is 0. The van der Waals surface area contributed by atoms with E-state index in [4.69, 9.17) is 4.74 Å². The number of carbonyl (C=O) groups is 1. The van der Waals surface area contributed by atoms with Gasteiger partial charge in [0.2, 0.25) is 0 Å². The van der Waals surface area contributed by atoms with Crippen LogP contribution in [0.1, 0.15) is 24.5 Å². The number of hydrogen-bond acceptors (Lipinski definition) is 3. The fraction of sp³-hybridized carbons (Fsp3) is 0.235. The number of ether oxygens (including phenoxy) is 1. The first-order chi connectivity index (χ1) is 9.67. The summed E-state index contributed by atoms with van der Waals surface area (Å²) in [5.41, 5.74) is 3.40. The summed E-state index contributed by atoms with van der Waals surface area (Å²) in [6, 6.07) is 15.8. The molecule has 0 saturated carbocycles. The smallest absolute Gasteiger partial charge is 0.310 e. The Morgan fingerprint density at radius 3 is 2.60 bits per heavy atom. The Bertz CT molecular complexity index is 576. The monoisotopic (exact) mass is 269 g/mol. The van der Waals surface area contributed by atoms with Gasteiger partial charge in [0.1, 0.15) is 5.75 Å². The molecule has 20 heavy (non-hydrogen) atoms. The van der Waals surface area contributed by atoms with Crippen LogP contribution in [-0.4, -0.2) is 5.97 Å². The van der Waals surface area contributed by atoms with Gasteiger partial charge in [-0.1, -0.05) is 42.8 Å². The molecule has 0 aliphatic carbocycles. The second-order valence-corrected chi connectivity index (χ2v) is 4.69. The van der Waals surface area contributed by atoms with Gasteiger partial charge in [-0.2, -0.15) is 0 Å². The molecule has 0 fully saturated rings. The van der Waals surface area contributed by atoms with Crippen molar-refractivity contribution < 1.29 is 9.53 Å². The zero-order valence-corrected chi connectivity index (χ0v) is 11.8. The molecule has 0 atom stereocenters. The van der Waals surface area contributed by atoms with Gasteiger partial charge in [0.05, 0.1) is 0 Å². The van der Waals surface area contributed by atoms with Crippen LogP contribution in [0.25, 0.3) is 0 Å². The lowest BCUT2D eigenvalue weighted by molar-refractivity contribution is -0.134. The number of aryl methyl sites for hydroxylation is 1. The predicted octanol–water partition coefficient (Wildman–Crippen LogP) is 3.92. The van der Waals surface area contributed by atoms with E-state index in [-0.39, 0.29) is 5.97 Å². The molecule has 0 heterocycles. The van der Waals surface area contributed by atoms with E-state index in [0.29, 0.717) is 12.2 Å². The van der Waals surface area contributed by atoms with Crippen molar-refractivity contribution in [3.05, 3.63) is 59.7 Å². The van der Waals surface area contributed by atoms with Crippen molar-refractivity contribution in [1.82, 2.24) is 0 Å². The Balaban J connectivity index is 1.97. The zero-order valence-electron chi connectivity index (χ0n) is 11.8. The minimum Gasteiger partial charge on any atom is -0.426 e. The van der Waals surface area contributed by atoms with E-state index in [1.807, 2.05) is 18.2 Å². The molecule has 3 nitrogen and oxygen atoms in total. The number of benzene rings is 2. The molecule has 2 rings (SSSR count). The van der Waals surface area contributed by atoms with Crippen LogP contribution in [0, 0.1) is 6.92 Å². The lowest BCUT2D eigenvalue weighted by Crippen LogP contribution is -2.06. The fourth-order valence-corrected chi connectivity index (χ4v) is 1.78. The third kappa shape index (κ3) is 4.12. The molecule has 2 aromatic rings. The summed E-state index contributed by atoms with van der Waals surface area (Å²) in [6.45, 7) is 4.59.